The van der Waals surface area contributed by atoms with E-state index in [2.05, 4.69) is 0 Å². The van der Waals surface area contributed by atoms with Crippen LogP contribution < -0.4 is 0 Å². The van der Waals surface area contributed by atoms with Gasteiger partial charge in [-0.15, -0.1) is 0 Å². The molecule has 0 radical (unpaired) electrons. The van der Waals surface area contributed by atoms with E-state index in [-0.39, 0.29) is 18.0 Å². The summed E-state index contributed by atoms with van der Waals surface area (Å²) in [4.78, 5) is 11.5. The van der Waals surface area contributed by atoms with E-state index in [0.717, 1.165) is 11.1 Å². The van der Waals surface area contributed by atoms with E-state index in [9.17, 15) is 4.79 Å². The molecule has 0 aromatic heterocycles. The van der Waals surface area contributed by atoms with Crippen LogP contribution in [0.4, 0.5) is 0 Å². The van der Waals surface area contributed by atoms with Gasteiger partial charge in [0.2, 0.25) is 6.29 Å². The van der Waals surface area contributed by atoms with Crippen LogP contribution in [-0.2, 0) is 14.3 Å². The summed E-state index contributed by atoms with van der Waals surface area (Å²) in [5, 5.41) is 0. The molecule has 1 aliphatic heterocycles. The zero-order valence-electron chi connectivity index (χ0n) is 11.2. The van der Waals surface area contributed by atoms with Crippen LogP contribution in [0.1, 0.15) is 30.3 Å². The van der Waals surface area contributed by atoms with E-state index >= 15 is 0 Å². The van der Waals surface area contributed by atoms with Crippen molar-refractivity contribution in [1.29, 1.82) is 0 Å². The second-order valence-electron chi connectivity index (χ2n) is 4.88. The van der Waals surface area contributed by atoms with Crippen molar-refractivity contribution in [1.82, 2.24) is 0 Å². The van der Waals surface area contributed by atoms with Gasteiger partial charge >= 0.3 is 0 Å². The summed E-state index contributed by atoms with van der Waals surface area (Å²) in [6.45, 7) is 1.49. The van der Waals surface area contributed by atoms with Crippen molar-refractivity contribution in [2.45, 2.75) is 25.4 Å². The Morgan fingerprint density at radius 1 is 0.800 bits per heavy atom. The van der Waals surface area contributed by atoms with Crippen molar-refractivity contribution >= 4 is 5.78 Å². The Morgan fingerprint density at radius 2 is 1.20 bits per heavy atom. The van der Waals surface area contributed by atoms with Gasteiger partial charge in [0.1, 0.15) is 12.2 Å². The van der Waals surface area contributed by atoms with Crippen molar-refractivity contribution < 1.29 is 14.3 Å². The van der Waals surface area contributed by atoms with Crippen LogP contribution in [0.2, 0.25) is 0 Å². The summed E-state index contributed by atoms with van der Waals surface area (Å²) in [6, 6.07) is 19.7. The fraction of sp³-hybridized carbons (Fsp3) is 0.235. The Kier molecular flexibility index (Phi) is 3.63. The first-order valence-corrected chi connectivity index (χ1v) is 6.67. The molecule has 1 saturated heterocycles. The summed E-state index contributed by atoms with van der Waals surface area (Å²) in [5.74, 6) is -0.107. The first-order chi connectivity index (χ1) is 9.75. The summed E-state index contributed by atoms with van der Waals surface area (Å²) in [6.07, 6.45) is -1.30. The molecule has 1 fully saturated rings. The molecule has 0 N–H and O–H groups in total. The Hall–Kier alpha value is -1.97. The van der Waals surface area contributed by atoms with Gasteiger partial charge in [-0.25, -0.2) is 0 Å². The van der Waals surface area contributed by atoms with E-state index in [1.54, 1.807) is 0 Å². The molecule has 0 spiro atoms. The van der Waals surface area contributed by atoms with Crippen LogP contribution in [0.15, 0.2) is 60.7 Å². The molecule has 3 nitrogen and oxygen atoms in total. The second-order valence-corrected chi connectivity index (χ2v) is 4.88. The monoisotopic (exact) mass is 268 g/mol. The minimum Gasteiger partial charge on any atom is -0.335 e. The SMILES string of the molecule is CC(=O)C1O[C@@H](c2ccccc2)[C@H](c2ccccc2)O1. The molecular formula is C17H16O3. The molecule has 2 atom stereocenters. The molecule has 0 unspecified atom stereocenters. The van der Waals surface area contributed by atoms with Gasteiger partial charge in [-0.3, -0.25) is 4.79 Å². The molecule has 0 bridgehead atoms. The Bertz CT molecular complexity index is 532. The average molecular weight is 268 g/mol. The molecule has 102 valence electrons. The number of ketones is 1. The standard InChI is InChI=1S/C17H16O3/c1-12(18)17-19-15(13-8-4-2-5-9-13)16(20-17)14-10-6-3-7-11-14/h2-11,15-17H,1H3/t15-,16-/m0/s1. The maximum absolute atomic E-state index is 11.5. The highest BCUT2D eigenvalue weighted by Gasteiger charge is 2.39. The molecule has 1 heterocycles. The second kappa shape index (κ2) is 5.57. The van der Waals surface area contributed by atoms with Crippen molar-refractivity contribution in [3.63, 3.8) is 0 Å². The van der Waals surface area contributed by atoms with Crippen LogP contribution in [-0.4, -0.2) is 12.1 Å². The lowest BCUT2D eigenvalue weighted by Gasteiger charge is -2.17. The van der Waals surface area contributed by atoms with Crippen LogP contribution in [0.3, 0.4) is 0 Å². The van der Waals surface area contributed by atoms with Gasteiger partial charge in [0, 0.05) is 0 Å². The topological polar surface area (TPSA) is 35.5 Å². The summed E-state index contributed by atoms with van der Waals surface area (Å²) in [5.41, 5.74) is 2.04. The van der Waals surface area contributed by atoms with E-state index in [4.69, 9.17) is 9.47 Å². The van der Waals surface area contributed by atoms with Gasteiger partial charge in [0.15, 0.2) is 5.78 Å². The zero-order valence-corrected chi connectivity index (χ0v) is 11.2. The average Bonchev–Trinajstić information content (AvgIpc) is 2.94. The van der Waals surface area contributed by atoms with Crippen LogP contribution >= 0.6 is 0 Å². The predicted octanol–water partition coefficient (Wildman–Crippen LogP) is 3.43. The lowest BCUT2D eigenvalue weighted by molar-refractivity contribution is -0.146. The number of hydrogen-bond acceptors (Lipinski definition) is 3. The number of ether oxygens (including phenoxy) is 2. The molecule has 2 aromatic rings. The predicted molar refractivity (Wildman–Crippen MR) is 75.0 cm³/mol. The maximum atomic E-state index is 11.5. The van der Waals surface area contributed by atoms with Gasteiger partial charge in [-0.2, -0.15) is 0 Å². The molecular weight excluding hydrogens is 252 g/mol. The summed E-state index contributed by atoms with van der Waals surface area (Å²) in [7, 11) is 0. The minimum absolute atomic E-state index is 0.107. The Labute approximate surface area is 118 Å². The first kappa shape index (κ1) is 13.0. The Morgan fingerprint density at radius 3 is 1.55 bits per heavy atom. The molecule has 0 saturated carbocycles. The number of Topliss-reactive ketones (excluding diaryl/α,β-unsaturated/α-hetero) is 1. The smallest absolute Gasteiger partial charge is 0.218 e. The molecule has 3 heteroatoms. The third-order valence-electron chi connectivity index (χ3n) is 3.40. The van der Waals surface area contributed by atoms with Gasteiger partial charge < -0.3 is 9.47 Å². The lowest BCUT2D eigenvalue weighted by atomic mass is 9.99. The minimum atomic E-state index is -0.787. The normalized spacial score (nSPS) is 22.9. The van der Waals surface area contributed by atoms with E-state index in [1.807, 2.05) is 60.7 Å². The van der Waals surface area contributed by atoms with Crippen molar-refractivity contribution in [3.05, 3.63) is 71.8 Å². The third kappa shape index (κ3) is 2.50. The maximum Gasteiger partial charge on any atom is 0.218 e. The van der Waals surface area contributed by atoms with Crippen molar-refractivity contribution in [2.24, 2.45) is 0 Å². The van der Waals surface area contributed by atoms with Crippen molar-refractivity contribution in [2.75, 3.05) is 0 Å². The van der Waals surface area contributed by atoms with E-state index < -0.39 is 6.29 Å². The molecule has 1 aliphatic rings. The van der Waals surface area contributed by atoms with Crippen LogP contribution in [0.25, 0.3) is 0 Å². The number of carbonyl (C=O) groups excluding carboxylic acids is 1. The highest BCUT2D eigenvalue weighted by molar-refractivity contribution is 5.79. The Balaban J connectivity index is 1.95. The van der Waals surface area contributed by atoms with E-state index in [0.29, 0.717) is 0 Å². The van der Waals surface area contributed by atoms with Gasteiger partial charge in [-0.1, -0.05) is 60.7 Å². The van der Waals surface area contributed by atoms with Crippen LogP contribution in [0, 0.1) is 0 Å². The molecule has 2 aromatic carbocycles. The van der Waals surface area contributed by atoms with Crippen molar-refractivity contribution in [3.8, 4) is 0 Å². The number of rotatable bonds is 3. The summed E-state index contributed by atoms with van der Waals surface area (Å²) < 4.78 is 11.6. The molecule has 0 amide bonds. The summed E-state index contributed by atoms with van der Waals surface area (Å²) >= 11 is 0. The third-order valence-corrected chi connectivity index (χ3v) is 3.40. The quantitative estimate of drug-likeness (QED) is 0.855. The van der Waals surface area contributed by atoms with Gasteiger partial charge in [0.05, 0.1) is 0 Å². The molecule has 0 aliphatic carbocycles. The van der Waals surface area contributed by atoms with Crippen LogP contribution in [0.5, 0.6) is 0 Å². The number of carbonyl (C=O) groups is 1. The first-order valence-electron chi connectivity index (χ1n) is 6.67. The largest absolute Gasteiger partial charge is 0.335 e. The van der Waals surface area contributed by atoms with Gasteiger partial charge in [0.25, 0.3) is 0 Å². The zero-order chi connectivity index (χ0) is 13.9. The fourth-order valence-electron chi connectivity index (χ4n) is 2.42. The highest BCUT2D eigenvalue weighted by Crippen LogP contribution is 2.42. The fourth-order valence-corrected chi connectivity index (χ4v) is 2.42. The van der Waals surface area contributed by atoms with Gasteiger partial charge in [-0.05, 0) is 18.1 Å². The highest BCUT2D eigenvalue weighted by atomic mass is 16.7. The molecule has 3 rings (SSSR count). The van der Waals surface area contributed by atoms with E-state index in [1.165, 1.54) is 6.92 Å². The lowest BCUT2D eigenvalue weighted by Crippen LogP contribution is -2.18. The molecule has 20 heavy (non-hydrogen) atoms. The number of benzene rings is 2. The number of hydrogen-bond donors (Lipinski definition) is 0.